The van der Waals surface area contributed by atoms with Crippen molar-refractivity contribution in [3.63, 3.8) is 0 Å². The van der Waals surface area contributed by atoms with Gasteiger partial charge in [-0.25, -0.2) is 0 Å². The first kappa shape index (κ1) is 12.1. The van der Waals surface area contributed by atoms with Crippen LogP contribution in [0.3, 0.4) is 0 Å². The van der Waals surface area contributed by atoms with Gasteiger partial charge < -0.3 is 15.8 Å². The number of halogens is 1. The van der Waals surface area contributed by atoms with Crippen molar-refractivity contribution in [2.45, 2.75) is 19.4 Å². The van der Waals surface area contributed by atoms with Crippen LogP contribution in [0, 0.1) is 0 Å². The summed E-state index contributed by atoms with van der Waals surface area (Å²) in [5, 5.41) is 3.98. The molecule has 0 aliphatic heterocycles. The molecule has 0 bridgehead atoms. The molecule has 15 heavy (non-hydrogen) atoms. The Bertz CT molecular complexity index is 317. The quantitative estimate of drug-likeness (QED) is 0.762. The monoisotopic (exact) mass is 228 g/mol. The van der Waals surface area contributed by atoms with Gasteiger partial charge in [-0.05, 0) is 31.5 Å². The number of anilines is 2. The molecule has 0 saturated heterocycles. The largest absolute Gasteiger partial charge is 0.397 e. The molecule has 1 atom stereocenters. The smallest absolute Gasteiger partial charge is 0.0590 e. The van der Waals surface area contributed by atoms with E-state index in [0.29, 0.717) is 16.8 Å². The van der Waals surface area contributed by atoms with Gasteiger partial charge in [0.15, 0.2) is 0 Å². The van der Waals surface area contributed by atoms with Crippen LogP contribution in [0.25, 0.3) is 0 Å². The number of rotatable bonds is 5. The summed E-state index contributed by atoms with van der Waals surface area (Å²) in [5.41, 5.74) is 7.41. The molecule has 84 valence electrons. The van der Waals surface area contributed by atoms with Crippen molar-refractivity contribution < 1.29 is 4.74 Å². The van der Waals surface area contributed by atoms with E-state index >= 15 is 0 Å². The van der Waals surface area contributed by atoms with Crippen molar-refractivity contribution in [2.75, 3.05) is 24.8 Å². The molecule has 1 unspecified atom stereocenters. The van der Waals surface area contributed by atoms with E-state index in [1.807, 2.05) is 6.07 Å². The average molecular weight is 229 g/mol. The predicted octanol–water partition coefficient (Wildman–Crippen LogP) is 2.76. The molecule has 0 fully saturated rings. The summed E-state index contributed by atoms with van der Waals surface area (Å²) in [7, 11) is 1.69. The van der Waals surface area contributed by atoms with Gasteiger partial charge in [0, 0.05) is 24.8 Å². The van der Waals surface area contributed by atoms with Crippen molar-refractivity contribution in [3.05, 3.63) is 23.2 Å². The zero-order chi connectivity index (χ0) is 11.3. The Morgan fingerprint density at radius 1 is 1.53 bits per heavy atom. The number of nitrogens with two attached hydrogens (primary N) is 1. The second kappa shape index (κ2) is 5.83. The molecule has 1 aromatic rings. The number of methoxy groups -OCH3 is 1. The molecule has 0 aliphatic carbocycles. The molecule has 0 aliphatic rings. The summed E-state index contributed by atoms with van der Waals surface area (Å²) >= 11 is 5.88. The number of hydrogen-bond donors (Lipinski definition) is 2. The van der Waals surface area contributed by atoms with Crippen molar-refractivity contribution in [1.82, 2.24) is 0 Å². The highest BCUT2D eigenvalue weighted by Crippen LogP contribution is 2.23. The number of hydrogen-bond acceptors (Lipinski definition) is 3. The zero-order valence-electron chi connectivity index (χ0n) is 9.09. The fourth-order valence-corrected chi connectivity index (χ4v) is 1.46. The molecule has 1 aromatic carbocycles. The van der Waals surface area contributed by atoms with Gasteiger partial charge >= 0.3 is 0 Å². The number of benzene rings is 1. The molecule has 4 heteroatoms. The van der Waals surface area contributed by atoms with Crippen molar-refractivity contribution >= 4 is 23.0 Å². The Balaban J connectivity index is 2.59. The minimum Gasteiger partial charge on any atom is -0.397 e. The van der Waals surface area contributed by atoms with Crippen LogP contribution in [0.2, 0.25) is 5.02 Å². The highest BCUT2D eigenvalue weighted by Gasteiger charge is 2.04. The Kier molecular flexibility index (Phi) is 4.72. The standard InChI is InChI=1S/C11H17ClN2O/c1-8(5-6-15-2)14-11-7-9(12)3-4-10(11)13/h3-4,7-8,14H,5-6,13H2,1-2H3. The van der Waals surface area contributed by atoms with E-state index in [2.05, 4.69) is 12.2 Å². The molecule has 0 radical (unpaired) electrons. The Hall–Kier alpha value is -0.930. The summed E-state index contributed by atoms with van der Waals surface area (Å²) < 4.78 is 5.01. The molecule has 0 heterocycles. The predicted molar refractivity (Wildman–Crippen MR) is 65.4 cm³/mol. The van der Waals surface area contributed by atoms with Crippen molar-refractivity contribution in [3.8, 4) is 0 Å². The Labute approximate surface area is 95.6 Å². The van der Waals surface area contributed by atoms with Gasteiger partial charge in [-0.1, -0.05) is 11.6 Å². The zero-order valence-corrected chi connectivity index (χ0v) is 9.84. The van der Waals surface area contributed by atoms with Crippen LogP contribution in [-0.4, -0.2) is 19.8 Å². The lowest BCUT2D eigenvalue weighted by atomic mass is 10.2. The van der Waals surface area contributed by atoms with Crippen LogP contribution in [0.5, 0.6) is 0 Å². The second-order valence-corrected chi connectivity index (χ2v) is 3.99. The minimum absolute atomic E-state index is 0.311. The van der Waals surface area contributed by atoms with E-state index in [-0.39, 0.29) is 0 Å². The summed E-state index contributed by atoms with van der Waals surface area (Å²) in [4.78, 5) is 0. The Morgan fingerprint density at radius 2 is 2.27 bits per heavy atom. The maximum absolute atomic E-state index is 5.88. The van der Waals surface area contributed by atoms with Crippen LogP contribution >= 0.6 is 11.6 Å². The first-order valence-electron chi connectivity index (χ1n) is 4.94. The molecule has 0 amide bonds. The van der Waals surface area contributed by atoms with E-state index in [1.54, 1.807) is 19.2 Å². The first-order valence-corrected chi connectivity index (χ1v) is 5.31. The molecule has 1 rings (SSSR count). The third kappa shape index (κ3) is 3.98. The summed E-state index contributed by atoms with van der Waals surface area (Å²) in [6.07, 6.45) is 0.933. The number of nitrogens with one attached hydrogen (secondary N) is 1. The molecule has 0 aromatic heterocycles. The highest BCUT2D eigenvalue weighted by molar-refractivity contribution is 6.31. The van der Waals surface area contributed by atoms with Gasteiger partial charge in [0.25, 0.3) is 0 Å². The second-order valence-electron chi connectivity index (χ2n) is 3.56. The highest BCUT2D eigenvalue weighted by atomic mass is 35.5. The van der Waals surface area contributed by atoms with E-state index in [9.17, 15) is 0 Å². The summed E-state index contributed by atoms with van der Waals surface area (Å²) in [5.74, 6) is 0. The van der Waals surface area contributed by atoms with Crippen LogP contribution in [-0.2, 0) is 4.74 Å². The maximum atomic E-state index is 5.88. The summed E-state index contributed by atoms with van der Waals surface area (Å²) in [6.45, 7) is 2.81. The Morgan fingerprint density at radius 3 is 2.93 bits per heavy atom. The van der Waals surface area contributed by atoms with Crippen molar-refractivity contribution in [1.29, 1.82) is 0 Å². The number of ether oxygens (including phenoxy) is 1. The lowest BCUT2D eigenvalue weighted by Crippen LogP contribution is -2.17. The molecule has 3 N–H and O–H groups in total. The van der Waals surface area contributed by atoms with Gasteiger partial charge in [0.2, 0.25) is 0 Å². The molecule has 0 spiro atoms. The molecule has 3 nitrogen and oxygen atoms in total. The van der Waals surface area contributed by atoms with Gasteiger partial charge in [-0.15, -0.1) is 0 Å². The first-order chi connectivity index (χ1) is 7.13. The summed E-state index contributed by atoms with van der Waals surface area (Å²) in [6, 6.07) is 5.72. The van der Waals surface area contributed by atoms with Crippen LogP contribution in [0.1, 0.15) is 13.3 Å². The van der Waals surface area contributed by atoms with E-state index in [4.69, 9.17) is 22.1 Å². The molecular formula is C11H17ClN2O. The average Bonchev–Trinajstić information content (AvgIpc) is 2.20. The lowest BCUT2D eigenvalue weighted by Gasteiger charge is -2.16. The van der Waals surface area contributed by atoms with Gasteiger partial charge in [-0.3, -0.25) is 0 Å². The topological polar surface area (TPSA) is 47.3 Å². The van der Waals surface area contributed by atoms with Gasteiger partial charge in [0.1, 0.15) is 0 Å². The maximum Gasteiger partial charge on any atom is 0.0590 e. The van der Waals surface area contributed by atoms with Crippen molar-refractivity contribution in [2.24, 2.45) is 0 Å². The fourth-order valence-electron chi connectivity index (χ4n) is 1.29. The normalized spacial score (nSPS) is 12.5. The molecular weight excluding hydrogens is 212 g/mol. The minimum atomic E-state index is 0.311. The third-order valence-corrected chi connectivity index (χ3v) is 2.41. The van der Waals surface area contributed by atoms with Crippen LogP contribution < -0.4 is 11.1 Å². The van der Waals surface area contributed by atoms with E-state index in [1.165, 1.54) is 0 Å². The lowest BCUT2D eigenvalue weighted by molar-refractivity contribution is 0.191. The van der Waals surface area contributed by atoms with Crippen LogP contribution in [0.4, 0.5) is 11.4 Å². The van der Waals surface area contributed by atoms with E-state index < -0.39 is 0 Å². The fraction of sp³-hybridized carbons (Fsp3) is 0.455. The van der Waals surface area contributed by atoms with Crippen LogP contribution in [0.15, 0.2) is 18.2 Å². The van der Waals surface area contributed by atoms with Gasteiger partial charge in [0.05, 0.1) is 11.4 Å². The molecule has 0 saturated carbocycles. The van der Waals surface area contributed by atoms with Gasteiger partial charge in [-0.2, -0.15) is 0 Å². The number of nitrogen functional groups attached to an aromatic ring is 1. The van der Waals surface area contributed by atoms with E-state index in [0.717, 1.165) is 18.7 Å². The third-order valence-electron chi connectivity index (χ3n) is 2.17. The SMILES string of the molecule is COCCC(C)Nc1cc(Cl)ccc1N.